The summed E-state index contributed by atoms with van der Waals surface area (Å²) in [6.07, 6.45) is 1.55. The van der Waals surface area contributed by atoms with Gasteiger partial charge >= 0.3 is 0 Å². The van der Waals surface area contributed by atoms with E-state index >= 15 is 0 Å². The average molecular weight is 528 g/mol. The first-order valence-corrected chi connectivity index (χ1v) is 10.3. The number of pyridine rings is 1. The van der Waals surface area contributed by atoms with Gasteiger partial charge in [0.15, 0.2) is 0 Å². The zero-order chi connectivity index (χ0) is 19.3. The molecule has 0 bridgehead atoms. The fourth-order valence-electron chi connectivity index (χ4n) is 4.15. The lowest BCUT2D eigenvalue weighted by Crippen LogP contribution is -2.46. The van der Waals surface area contributed by atoms with Crippen molar-refractivity contribution in [3.8, 4) is 0 Å². The van der Waals surface area contributed by atoms with Crippen LogP contribution in [0.4, 0.5) is 0 Å². The Morgan fingerprint density at radius 2 is 1.86 bits per heavy atom. The summed E-state index contributed by atoms with van der Waals surface area (Å²) in [6, 6.07) is 11.7. The summed E-state index contributed by atoms with van der Waals surface area (Å²) in [5.41, 5.74) is 8.10. The third kappa shape index (κ3) is 3.02. The summed E-state index contributed by atoms with van der Waals surface area (Å²) in [6.45, 7) is 4.56. The first-order valence-electron chi connectivity index (χ1n) is 9.11. The number of aromatic nitrogens is 2. The van der Waals surface area contributed by atoms with Gasteiger partial charge < -0.3 is 10.7 Å². The van der Waals surface area contributed by atoms with Crippen molar-refractivity contribution in [3.05, 3.63) is 56.2 Å². The molecule has 0 fully saturated rings. The number of nitrogens with two attached hydrogens (primary N) is 1. The van der Waals surface area contributed by atoms with E-state index in [1.54, 1.807) is 0 Å². The fraction of sp³-hybridized carbons (Fsp3) is 0.286. The Bertz CT molecular complexity index is 1230. The van der Waals surface area contributed by atoms with Crippen molar-refractivity contribution in [3.63, 3.8) is 0 Å². The van der Waals surface area contributed by atoms with E-state index in [1.165, 1.54) is 0 Å². The van der Waals surface area contributed by atoms with E-state index in [0.29, 0.717) is 17.1 Å². The van der Waals surface area contributed by atoms with Crippen molar-refractivity contribution in [1.82, 2.24) is 9.55 Å². The molecule has 148 valence electrons. The van der Waals surface area contributed by atoms with E-state index < -0.39 is 5.54 Å². The predicted molar refractivity (Wildman–Crippen MR) is 128 cm³/mol. The third-order valence-corrected chi connectivity index (χ3v) is 6.55. The molecule has 0 saturated carbocycles. The number of nitrogens with one attached hydrogen (secondary N) is 1. The van der Waals surface area contributed by atoms with Crippen molar-refractivity contribution in [1.29, 1.82) is 0 Å². The highest BCUT2D eigenvalue weighted by Gasteiger charge is 2.31. The highest BCUT2D eigenvalue weighted by molar-refractivity contribution is 9.10. The van der Waals surface area contributed by atoms with Crippen LogP contribution in [0.1, 0.15) is 26.7 Å². The topological polar surface area (TPSA) is 63.8 Å². The van der Waals surface area contributed by atoms with Gasteiger partial charge in [-0.25, -0.2) is 0 Å². The van der Waals surface area contributed by atoms with Crippen LogP contribution >= 0.6 is 44.5 Å². The van der Waals surface area contributed by atoms with Crippen LogP contribution in [0, 0.1) is 0 Å². The Morgan fingerprint density at radius 3 is 2.50 bits per heavy atom. The minimum atomic E-state index is -0.435. The molecule has 0 spiro atoms. The Morgan fingerprint density at radius 1 is 1.14 bits per heavy atom. The molecule has 4 rings (SSSR count). The number of benzene rings is 2. The molecular formula is C21H22Br2ClN3O. The molecule has 4 aromatic rings. The predicted octanol–water partition coefficient (Wildman–Crippen LogP) is 6.10. The zero-order valence-electron chi connectivity index (χ0n) is 15.7. The van der Waals surface area contributed by atoms with Crippen LogP contribution in [-0.2, 0) is 5.54 Å². The molecular weight excluding hydrogens is 506 g/mol. The number of H-pyrrole nitrogens is 1. The number of aromatic amines is 1. The maximum Gasteiger partial charge on any atom is 0.275 e. The van der Waals surface area contributed by atoms with Crippen molar-refractivity contribution in [2.75, 3.05) is 6.54 Å². The van der Waals surface area contributed by atoms with Crippen molar-refractivity contribution >= 4 is 77.2 Å². The van der Waals surface area contributed by atoms with Gasteiger partial charge in [0.25, 0.3) is 5.56 Å². The lowest BCUT2D eigenvalue weighted by molar-refractivity contribution is 0.274. The molecule has 0 amide bonds. The van der Waals surface area contributed by atoms with Crippen LogP contribution in [0.2, 0.25) is 5.02 Å². The molecule has 0 aliphatic carbocycles. The molecule has 7 heteroatoms. The third-order valence-electron chi connectivity index (χ3n) is 5.82. The van der Waals surface area contributed by atoms with Gasteiger partial charge in [-0.1, -0.05) is 41.4 Å². The summed E-state index contributed by atoms with van der Waals surface area (Å²) in [7, 11) is 0. The second-order valence-corrected chi connectivity index (χ2v) is 8.35. The summed E-state index contributed by atoms with van der Waals surface area (Å²) in [5.74, 6) is 0. The van der Waals surface area contributed by atoms with E-state index in [0.717, 1.165) is 44.5 Å². The number of nitrogens with zero attached hydrogens (tertiary/aromatic N) is 1. The molecule has 2 aromatic carbocycles. The number of hydrogen-bond acceptors (Lipinski definition) is 2. The summed E-state index contributed by atoms with van der Waals surface area (Å²) < 4.78 is 2.85. The zero-order valence-corrected chi connectivity index (χ0v) is 19.7. The van der Waals surface area contributed by atoms with Crippen LogP contribution in [0.25, 0.3) is 32.7 Å². The minimum Gasteiger partial charge on any atom is -0.350 e. The maximum absolute atomic E-state index is 13.6. The quantitative estimate of drug-likeness (QED) is 0.337. The molecule has 4 nitrogen and oxygen atoms in total. The second kappa shape index (κ2) is 7.82. The van der Waals surface area contributed by atoms with Gasteiger partial charge in [-0.3, -0.25) is 9.36 Å². The molecule has 0 atom stereocenters. The normalized spacial score (nSPS) is 12.0. The van der Waals surface area contributed by atoms with Crippen LogP contribution < -0.4 is 11.3 Å². The molecule has 0 radical (unpaired) electrons. The molecule has 2 aromatic heterocycles. The van der Waals surface area contributed by atoms with Gasteiger partial charge in [0.1, 0.15) is 5.52 Å². The van der Waals surface area contributed by atoms with E-state index in [4.69, 9.17) is 17.3 Å². The van der Waals surface area contributed by atoms with Crippen molar-refractivity contribution in [2.24, 2.45) is 5.73 Å². The van der Waals surface area contributed by atoms with E-state index in [9.17, 15) is 4.79 Å². The van der Waals surface area contributed by atoms with Crippen molar-refractivity contribution < 1.29 is 0 Å². The first kappa shape index (κ1) is 21.4. The smallest absolute Gasteiger partial charge is 0.275 e. The van der Waals surface area contributed by atoms with E-state index in [-0.39, 0.29) is 22.5 Å². The van der Waals surface area contributed by atoms with Crippen LogP contribution in [0.5, 0.6) is 0 Å². The summed E-state index contributed by atoms with van der Waals surface area (Å²) >= 11 is 9.88. The van der Waals surface area contributed by atoms with Gasteiger partial charge in [0.2, 0.25) is 0 Å². The number of hydrogen-bond donors (Lipinski definition) is 2. The first-order chi connectivity index (χ1) is 13.0. The molecule has 0 aliphatic heterocycles. The highest BCUT2D eigenvalue weighted by Crippen LogP contribution is 2.36. The average Bonchev–Trinajstić information content (AvgIpc) is 3.05. The van der Waals surface area contributed by atoms with Crippen LogP contribution in [0.3, 0.4) is 0 Å². The lowest BCUT2D eigenvalue weighted by atomic mass is 9.91. The van der Waals surface area contributed by atoms with Gasteiger partial charge in [0.05, 0.1) is 11.1 Å². The van der Waals surface area contributed by atoms with Gasteiger partial charge in [0, 0.05) is 37.7 Å². The van der Waals surface area contributed by atoms with Crippen LogP contribution in [0.15, 0.2) is 45.7 Å². The Labute approximate surface area is 186 Å². The molecule has 2 heterocycles. The standard InChI is InChI=1S/C21H21BrClN3O.BrH/c1-3-21(4-2,11-24)26-17-8-6-13(23)10-15(17)18-14-9-12(22)5-7-16(14)25-19(18)20(26)27;/h5-10,25H,3-4,11,24H2,1-2H3;1H. The number of fused-ring (bicyclic) bond motifs is 5. The largest absolute Gasteiger partial charge is 0.350 e. The lowest BCUT2D eigenvalue weighted by Gasteiger charge is -2.34. The van der Waals surface area contributed by atoms with Crippen LogP contribution in [-0.4, -0.2) is 16.1 Å². The Balaban J connectivity index is 0.00000225. The second-order valence-electron chi connectivity index (χ2n) is 7.00. The molecule has 28 heavy (non-hydrogen) atoms. The van der Waals surface area contributed by atoms with Gasteiger partial charge in [-0.2, -0.15) is 0 Å². The Hall–Kier alpha value is -1.34. The molecule has 3 N–H and O–H groups in total. The SMILES string of the molecule is Br.CCC(CC)(CN)n1c(=O)c2[nH]c3ccc(Br)cc3c2c2cc(Cl)ccc21. The summed E-state index contributed by atoms with van der Waals surface area (Å²) in [4.78, 5) is 17.0. The molecule has 0 aliphatic rings. The van der Waals surface area contributed by atoms with E-state index in [1.807, 2.05) is 41.0 Å². The van der Waals surface area contributed by atoms with E-state index in [2.05, 4.69) is 34.8 Å². The van der Waals surface area contributed by atoms with Crippen molar-refractivity contribution in [2.45, 2.75) is 32.2 Å². The Kier molecular flexibility index (Phi) is 5.97. The molecule has 0 saturated heterocycles. The monoisotopic (exact) mass is 525 g/mol. The number of rotatable bonds is 4. The fourth-order valence-corrected chi connectivity index (χ4v) is 4.68. The highest BCUT2D eigenvalue weighted by atomic mass is 79.9. The van der Waals surface area contributed by atoms with Gasteiger partial charge in [-0.15, -0.1) is 17.0 Å². The van der Waals surface area contributed by atoms with Gasteiger partial charge in [-0.05, 0) is 49.2 Å². The minimum absolute atomic E-state index is 0. The summed E-state index contributed by atoms with van der Waals surface area (Å²) in [5, 5.41) is 3.51. The maximum atomic E-state index is 13.6. The number of halogens is 3. The molecule has 0 unspecified atom stereocenters.